The number of likely N-dealkylation sites (tertiary alicyclic amines) is 1. The SMILES string of the molecule is CC1CCN(Cc2nc(NN)ccc2Cl)C(C)C1. The Morgan fingerprint density at radius 3 is 2.94 bits per heavy atom. The molecule has 1 aromatic heterocycles. The summed E-state index contributed by atoms with van der Waals surface area (Å²) < 4.78 is 0. The lowest BCUT2D eigenvalue weighted by atomic mass is 9.93. The summed E-state index contributed by atoms with van der Waals surface area (Å²) >= 11 is 6.19. The summed E-state index contributed by atoms with van der Waals surface area (Å²) in [6, 6.07) is 4.21. The van der Waals surface area contributed by atoms with Crippen molar-refractivity contribution in [3.63, 3.8) is 0 Å². The van der Waals surface area contributed by atoms with Gasteiger partial charge in [0, 0.05) is 12.6 Å². The number of aromatic nitrogens is 1. The third kappa shape index (κ3) is 3.13. The Balaban J connectivity index is 2.08. The predicted molar refractivity (Wildman–Crippen MR) is 75.3 cm³/mol. The van der Waals surface area contributed by atoms with E-state index in [-0.39, 0.29) is 0 Å². The lowest BCUT2D eigenvalue weighted by Gasteiger charge is -2.36. The summed E-state index contributed by atoms with van der Waals surface area (Å²) in [5.74, 6) is 6.85. The summed E-state index contributed by atoms with van der Waals surface area (Å²) in [5, 5.41) is 0.708. The van der Waals surface area contributed by atoms with E-state index in [1.807, 2.05) is 6.07 Å². The minimum absolute atomic E-state index is 0.584. The standard InChI is InChI=1S/C13H21ClN4/c1-9-5-6-18(10(2)7-9)8-12-11(14)3-4-13(16-12)17-15/h3-4,9-10H,5-8,15H2,1-2H3,(H,16,17). The smallest absolute Gasteiger partial charge is 0.140 e. The Kier molecular flexibility index (Phi) is 4.43. The minimum Gasteiger partial charge on any atom is -0.308 e. The number of halogens is 1. The van der Waals surface area contributed by atoms with E-state index in [9.17, 15) is 0 Å². The molecule has 100 valence electrons. The van der Waals surface area contributed by atoms with Gasteiger partial charge >= 0.3 is 0 Å². The molecule has 0 bridgehead atoms. The number of hydrazine groups is 1. The number of hydrogen-bond donors (Lipinski definition) is 2. The molecule has 4 nitrogen and oxygen atoms in total. The van der Waals surface area contributed by atoms with Crippen molar-refractivity contribution in [1.82, 2.24) is 9.88 Å². The van der Waals surface area contributed by atoms with E-state index in [1.165, 1.54) is 12.8 Å². The summed E-state index contributed by atoms with van der Waals surface area (Å²) in [6.45, 7) is 6.50. The van der Waals surface area contributed by atoms with Crippen molar-refractivity contribution in [2.75, 3.05) is 12.0 Å². The molecular formula is C13H21ClN4. The van der Waals surface area contributed by atoms with Crippen LogP contribution >= 0.6 is 11.6 Å². The molecule has 0 amide bonds. The van der Waals surface area contributed by atoms with Gasteiger partial charge in [0.1, 0.15) is 5.82 Å². The van der Waals surface area contributed by atoms with E-state index in [2.05, 4.69) is 29.2 Å². The molecule has 1 aliphatic heterocycles. The van der Waals surface area contributed by atoms with E-state index in [4.69, 9.17) is 17.4 Å². The molecule has 0 aliphatic carbocycles. The van der Waals surface area contributed by atoms with Crippen LogP contribution in [0.5, 0.6) is 0 Å². The van der Waals surface area contributed by atoms with Gasteiger partial charge in [-0.1, -0.05) is 18.5 Å². The first kappa shape index (κ1) is 13.6. The first-order valence-corrected chi connectivity index (χ1v) is 6.84. The van der Waals surface area contributed by atoms with Gasteiger partial charge in [-0.25, -0.2) is 10.8 Å². The molecule has 1 fully saturated rings. The number of nitrogens with one attached hydrogen (secondary N) is 1. The van der Waals surface area contributed by atoms with E-state index < -0.39 is 0 Å². The molecule has 0 saturated carbocycles. The summed E-state index contributed by atoms with van der Waals surface area (Å²) in [6.07, 6.45) is 2.49. The van der Waals surface area contributed by atoms with Crippen LogP contribution in [0.2, 0.25) is 5.02 Å². The minimum atomic E-state index is 0.584. The number of anilines is 1. The van der Waals surface area contributed by atoms with Crippen molar-refractivity contribution in [2.24, 2.45) is 11.8 Å². The topological polar surface area (TPSA) is 54.2 Å². The highest BCUT2D eigenvalue weighted by molar-refractivity contribution is 6.31. The molecule has 0 radical (unpaired) electrons. The third-order valence-electron chi connectivity index (χ3n) is 3.70. The first-order valence-electron chi connectivity index (χ1n) is 6.46. The molecule has 0 spiro atoms. The third-order valence-corrected chi connectivity index (χ3v) is 4.04. The number of piperidine rings is 1. The molecule has 1 aliphatic rings. The Labute approximate surface area is 113 Å². The van der Waals surface area contributed by atoms with Crippen LogP contribution in [0.3, 0.4) is 0 Å². The molecule has 1 aromatic rings. The van der Waals surface area contributed by atoms with Crippen molar-refractivity contribution in [3.05, 3.63) is 22.8 Å². The fourth-order valence-corrected chi connectivity index (χ4v) is 2.72. The highest BCUT2D eigenvalue weighted by atomic mass is 35.5. The molecule has 2 heterocycles. The summed E-state index contributed by atoms with van der Waals surface area (Å²) in [5.41, 5.74) is 3.46. The maximum absolute atomic E-state index is 6.19. The highest BCUT2D eigenvalue weighted by Crippen LogP contribution is 2.25. The van der Waals surface area contributed by atoms with Crippen LogP contribution in [-0.2, 0) is 6.54 Å². The monoisotopic (exact) mass is 268 g/mol. The molecule has 3 N–H and O–H groups in total. The lowest BCUT2D eigenvalue weighted by Crippen LogP contribution is -2.39. The van der Waals surface area contributed by atoms with Gasteiger partial charge in [0.05, 0.1) is 10.7 Å². The molecule has 2 rings (SSSR count). The fourth-order valence-electron chi connectivity index (χ4n) is 2.56. The first-order chi connectivity index (χ1) is 8.60. The Morgan fingerprint density at radius 1 is 1.50 bits per heavy atom. The Bertz CT molecular complexity index is 410. The maximum Gasteiger partial charge on any atom is 0.140 e. The van der Waals surface area contributed by atoms with E-state index in [1.54, 1.807) is 6.07 Å². The number of nitrogen functional groups attached to an aromatic ring is 1. The number of nitrogens with two attached hydrogens (primary N) is 1. The van der Waals surface area contributed by atoms with Crippen molar-refractivity contribution in [1.29, 1.82) is 0 Å². The zero-order valence-electron chi connectivity index (χ0n) is 11.0. The largest absolute Gasteiger partial charge is 0.308 e. The van der Waals surface area contributed by atoms with Crippen molar-refractivity contribution in [2.45, 2.75) is 39.3 Å². The maximum atomic E-state index is 6.19. The van der Waals surface area contributed by atoms with Crippen LogP contribution < -0.4 is 11.3 Å². The number of hydrogen-bond acceptors (Lipinski definition) is 4. The Hall–Kier alpha value is -0.840. The Morgan fingerprint density at radius 2 is 2.28 bits per heavy atom. The second-order valence-corrected chi connectivity index (χ2v) is 5.63. The second-order valence-electron chi connectivity index (χ2n) is 5.22. The zero-order chi connectivity index (χ0) is 13.1. The average molecular weight is 269 g/mol. The number of rotatable bonds is 3. The molecule has 0 aromatic carbocycles. The van der Waals surface area contributed by atoms with Crippen LogP contribution in [0.1, 0.15) is 32.4 Å². The van der Waals surface area contributed by atoms with Crippen LogP contribution in [-0.4, -0.2) is 22.5 Å². The highest BCUT2D eigenvalue weighted by Gasteiger charge is 2.23. The van der Waals surface area contributed by atoms with Gasteiger partial charge in [-0.2, -0.15) is 0 Å². The quantitative estimate of drug-likeness (QED) is 0.654. The van der Waals surface area contributed by atoms with E-state index >= 15 is 0 Å². The lowest BCUT2D eigenvalue weighted by molar-refractivity contribution is 0.121. The van der Waals surface area contributed by atoms with Crippen LogP contribution in [0, 0.1) is 5.92 Å². The van der Waals surface area contributed by atoms with Gasteiger partial charge in [-0.3, -0.25) is 4.90 Å². The van der Waals surface area contributed by atoms with Gasteiger partial charge < -0.3 is 5.43 Å². The molecule has 5 heteroatoms. The predicted octanol–water partition coefficient (Wildman–Crippen LogP) is 2.64. The second kappa shape index (κ2) is 5.87. The van der Waals surface area contributed by atoms with Crippen molar-refractivity contribution >= 4 is 17.4 Å². The normalized spacial score (nSPS) is 25.1. The van der Waals surface area contributed by atoms with E-state index in [0.29, 0.717) is 16.9 Å². The van der Waals surface area contributed by atoms with Crippen molar-refractivity contribution in [3.8, 4) is 0 Å². The van der Waals surface area contributed by atoms with Crippen molar-refractivity contribution < 1.29 is 0 Å². The van der Waals surface area contributed by atoms with Crippen LogP contribution in [0.15, 0.2) is 12.1 Å². The molecular weight excluding hydrogens is 248 g/mol. The van der Waals surface area contributed by atoms with Crippen LogP contribution in [0.4, 0.5) is 5.82 Å². The van der Waals surface area contributed by atoms with Gasteiger partial charge in [0.25, 0.3) is 0 Å². The number of nitrogens with zero attached hydrogens (tertiary/aromatic N) is 2. The van der Waals surface area contributed by atoms with Gasteiger partial charge in [0.15, 0.2) is 0 Å². The van der Waals surface area contributed by atoms with E-state index in [0.717, 1.165) is 24.7 Å². The number of pyridine rings is 1. The van der Waals surface area contributed by atoms with Gasteiger partial charge in [0.2, 0.25) is 0 Å². The molecule has 1 saturated heterocycles. The average Bonchev–Trinajstić information content (AvgIpc) is 2.35. The zero-order valence-corrected chi connectivity index (χ0v) is 11.7. The fraction of sp³-hybridized carbons (Fsp3) is 0.615. The van der Waals surface area contributed by atoms with Gasteiger partial charge in [-0.05, 0) is 44.4 Å². The van der Waals surface area contributed by atoms with Crippen LogP contribution in [0.25, 0.3) is 0 Å². The van der Waals surface area contributed by atoms with Gasteiger partial charge in [-0.15, -0.1) is 0 Å². The summed E-state index contributed by atoms with van der Waals surface area (Å²) in [4.78, 5) is 6.87. The molecule has 2 atom stereocenters. The summed E-state index contributed by atoms with van der Waals surface area (Å²) in [7, 11) is 0. The molecule has 2 unspecified atom stereocenters. The molecule has 18 heavy (non-hydrogen) atoms.